The van der Waals surface area contributed by atoms with Gasteiger partial charge in [-0.05, 0) is 19.1 Å². The van der Waals surface area contributed by atoms with Gasteiger partial charge in [0.05, 0.1) is 12.7 Å². The van der Waals surface area contributed by atoms with E-state index in [9.17, 15) is 20.1 Å². The van der Waals surface area contributed by atoms with Gasteiger partial charge in [-0.1, -0.05) is 42.2 Å². The third kappa shape index (κ3) is 8.47. The summed E-state index contributed by atoms with van der Waals surface area (Å²) in [6.45, 7) is 1.33. The van der Waals surface area contributed by atoms with Crippen LogP contribution in [0.1, 0.15) is 19.8 Å². The van der Waals surface area contributed by atoms with Crippen LogP contribution in [0.5, 0.6) is 0 Å². The average Bonchev–Trinajstić information content (AvgIpc) is 2.56. The summed E-state index contributed by atoms with van der Waals surface area (Å²) in [5.41, 5.74) is -1.60. The molecule has 0 saturated heterocycles. The van der Waals surface area contributed by atoms with Crippen molar-refractivity contribution in [2.24, 2.45) is 0 Å². The van der Waals surface area contributed by atoms with Crippen molar-refractivity contribution in [1.82, 2.24) is 0 Å². The molecule has 0 bridgehead atoms. The second-order valence-electron chi connectivity index (χ2n) is 5.72. The molecular formula is C19H24O6. The normalized spacial score (nSPS) is 22.6. The number of esters is 1. The maximum atomic E-state index is 11.1. The van der Waals surface area contributed by atoms with Gasteiger partial charge in [0.25, 0.3) is 0 Å². The minimum absolute atomic E-state index is 0.0640. The lowest BCUT2D eigenvalue weighted by molar-refractivity contribution is -0.141. The van der Waals surface area contributed by atoms with Crippen molar-refractivity contribution in [1.29, 1.82) is 0 Å². The van der Waals surface area contributed by atoms with Crippen molar-refractivity contribution < 1.29 is 30.0 Å². The number of carbonyl (C=O) groups excluding carboxylic acids is 1. The molecular weight excluding hydrogens is 324 g/mol. The van der Waals surface area contributed by atoms with Gasteiger partial charge < -0.3 is 25.2 Å². The van der Waals surface area contributed by atoms with Gasteiger partial charge in [0.15, 0.2) is 0 Å². The highest BCUT2D eigenvalue weighted by molar-refractivity contribution is 5.82. The van der Waals surface area contributed by atoms with Gasteiger partial charge in [0, 0.05) is 18.9 Å². The maximum absolute atomic E-state index is 11.1. The minimum Gasteiger partial charge on any atom is -0.455 e. The van der Waals surface area contributed by atoms with Crippen molar-refractivity contribution in [3.8, 4) is 11.8 Å². The largest absolute Gasteiger partial charge is 0.455 e. The van der Waals surface area contributed by atoms with Gasteiger partial charge in [-0.25, -0.2) is 4.79 Å². The lowest BCUT2D eigenvalue weighted by atomic mass is 9.93. The number of rotatable bonds is 7. The van der Waals surface area contributed by atoms with Crippen LogP contribution in [0.25, 0.3) is 0 Å². The van der Waals surface area contributed by atoms with Crippen LogP contribution in [0, 0.1) is 11.8 Å². The van der Waals surface area contributed by atoms with Crippen LogP contribution in [0.15, 0.2) is 48.6 Å². The molecule has 4 N–H and O–H groups in total. The molecule has 0 unspecified atom stereocenters. The van der Waals surface area contributed by atoms with Crippen molar-refractivity contribution in [2.75, 3.05) is 6.61 Å². The Morgan fingerprint density at radius 1 is 1.44 bits per heavy atom. The molecule has 0 amide bonds. The monoisotopic (exact) mass is 348 g/mol. The first-order valence-corrected chi connectivity index (χ1v) is 7.93. The van der Waals surface area contributed by atoms with Gasteiger partial charge >= 0.3 is 5.97 Å². The van der Waals surface area contributed by atoms with Gasteiger partial charge in [0.1, 0.15) is 17.8 Å². The Labute approximate surface area is 147 Å². The number of aliphatic hydroxyl groups is 4. The molecule has 0 aliphatic carbocycles. The van der Waals surface area contributed by atoms with E-state index >= 15 is 0 Å². The van der Waals surface area contributed by atoms with Gasteiger partial charge in [0.2, 0.25) is 0 Å². The number of cyclic esters (lactones) is 1. The Kier molecular flexibility index (Phi) is 8.89. The zero-order valence-corrected chi connectivity index (χ0v) is 14.1. The van der Waals surface area contributed by atoms with E-state index in [-0.39, 0.29) is 13.0 Å². The van der Waals surface area contributed by atoms with Gasteiger partial charge in [-0.3, -0.25) is 0 Å². The zero-order valence-electron chi connectivity index (χ0n) is 14.1. The van der Waals surface area contributed by atoms with E-state index in [1.54, 1.807) is 18.2 Å². The molecule has 1 aliphatic rings. The first-order chi connectivity index (χ1) is 11.8. The fraction of sp³-hybridized carbons (Fsp3) is 0.421. The minimum atomic E-state index is -1.60. The van der Waals surface area contributed by atoms with Crippen LogP contribution in [0.3, 0.4) is 0 Å². The van der Waals surface area contributed by atoms with Gasteiger partial charge in [-0.15, -0.1) is 0 Å². The third-order valence-electron chi connectivity index (χ3n) is 3.44. The molecule has 0 spiro atoms. The highest BCUT2D eigenvalue weighted by atomic mass is 16.5. The summed E-state index contributed by atoms with van der Waals surface area (Å²) in [5.74, 6) is 4.67. The Hall–Kier alpha value is -2.17. The number of ether oxygens (including phenoxy) is 1. The molecule has 0 aromatic heterocycles. The predicted octanol–water partition coefficient (Wildman–Crippen LogP) is 0.385. The Bertz CT molecular complexity index is 603. The van der Waals surface area contributed by atoms with Crippen molar-refractivity contribution >= 4 is 5.97 Å². The standard InChI is InChI=1S/C19H24O6/c1-19(24,12-11-16-9-7-10-18(23)25-16)17(22)14-15(21)8-5-3-2-4-6-13-20/h2-4,6-7,10-12,15-17,20-22,24H,9,13-14H2,1H3/b3-2-,6-4+,12-11+/t15-,16+,17+,19+/m0/s1. The smallest absolute Gasteiger partial charge is 0.331 e. The fourth-order valence-electron chi connectivity index (χ4n) is 1.96. The van der Waals surface area contributed by atoms with Crippen molar-refractivity contribution in [3.63, 3.8) is 0 Å². The van der Waals surface area contributed by atoms with E-state index in [1.165, 1.54) is 37.3 Å². The van der Waals surface area contributed by atoms with Crippen molar-refractivity contribution in [2.45, 2.75) is 43.7 Å². The molecule has 6 heteroatoms. The zero-order chi connectivity index (χ0) is 18.7. The molecule has 25 heavy (non-hydrogen) atoms. The molecule has 0 fully saturated rings. The molecule has 0 radical (unpaired) electrons. The summed E-state index contributed by atoms with van der Waals surface area (Å²) in [6, 6.07) is 0. The number of hydrogen-bond acceptors (Lipinski definition) is 6. The van der Waals surface area contributed by atoms with E-state index in [2.05, 4.69) is 11.8 Å². The molecule has 0 saturated carbocycles. The SMILES string of the molecule is C[C@@](O)(/C=C/[C@H]1CC=CC(=O)O1)[C@H](O)C[C@@H](O)C#C/C=C\C=C\CO. The number of aliphatic hydroxyl groups excluding tert-OH is 3. The summed E-state index contributed by atoms with van der Waals surface area (Å²) in [4.78, 5) is 11.1. The fourth-order valence-corrected chi connectivity index (χ4v) is 1.96. The Morgan fingerprint density at radius 3 is 2.88 bits per heavy atom. The Balaban J connectivity index is 2.53. The molecule has 1 aliphatic heterocycles. The lowest BCUT2D eigenvalue weighted by Gasteiger charge is -2.27. The van der Waals surface area contributed by atoms with E-state index in [1.807, 2.05) is 0 Å². The number of hydrogen-bond donors (Lipinski definition) is 4. The molecule has 136 valence electrons. The summed E-state index contributed by atoms with van der Waals surface area (Å²) >= 11 is 0. The highest BCUT2D eigenvalue weighted by Crippen LogP contribution is 2.18. The third-order valence-corrected chi connectivity index (χ3v) is 3.44. The molecule has 6 nitrogen and oxygen atoms in total. The predicted molar refractivity (Wildman–Crippen MR) is 93.2 cm³/mol. The quantitative estimate of drug-likeness (QED) is 0.229. The van der Waals surface area contributed by atoms with E-state index < -0.39 is 29.9 Å². The maximum Gasteiger partial charge on any atom is 0.331 e. The van der Waals surface area contributed by atoms with E-state index in [0.29, 0.717) is 6.42 Å². The molecule has 0 aromatic carbocycles. The molecule has 0 aromatic rings. The topological polar surface area (TPSA) is 107 Å². The number of allylic oxidation sites excluding steroid dienone is 3. The van der Waals surface area contributed by atoms with E-state index in [4.69, 9.17) is 9.84 Å². The van der Waals surface area contributed by atoms with Crippen LogP contribution in [-0.2, 0) is 9.53 Å². The lowest BCUT2D eigenvalue weighted by Crippen LogP contribution is -2.39. The first-order valence-electron chi connectivity index (χ1n) is 7.93. The van der Waals surface area contributed by atoms with Crippen LogP contribution < -0.4 is 0 Å². The summed E-state index contributed by atoms with van der Waals surface area (Å²) in [5, 5.41) is 38.7. The van der Waals surface area contributed by atoms with Crippen LogP contribution in [0.4, 0.5) is 0 Å². The van der Waals surface area contributed by atoms with E-state index in [0.717, 1.165) is 0 Å². The highest BCUT2D eigenvalue weighted by Gasteiger charge is 2.29. The average molecular weight is 348 g/mol. The summed E-state index contributed by atoms with van der Waals surface area (Å²) in [6.07, 6.45) is 9.61. The molecule has 4 atom stereocenters. The molecule has 1 rings (SSSR count). The molecule has 1 heterocycles. The van der Waals surface area contributed by atoms with Crippen molar-refractivity contribution in [3.05, 3.63) is 48.6 Å². The second kappa shape index (κ2) is 10.6. The van der Waals surface area contributed by atoms with Crippen LogP contribution in [0.2, 0.25) is 0 Å². The number of carbonyl (C=O) groups is 1. The summed E-state index contributed by atoms with van der Waals surface area (Å²) < 4.78 is 5.03. The Morgan fingerprint density at radius 2 is 2.20 bits per heavy atom. The summed E-state index contributed by atoms with van der Waals surface area (Å²) in [7, 11) is 0. The second-order valence-corrected chi connectivity index (χ2v) is 5.72. The van der Waals surface area contributed by atoms with Gasteiger partial charge in [-0.2, -0.15) is 0 Å². The van der Waals surface area contributed by atoms with Crippen LogP contribution in [-0.4, -0.2) is 56.9 Å². The first kappa shape index (κ1) is 20.9. The van der Waals surface area contributed by atoms with Crippen LogP contribution >= 0.6 is 0 Å².